The highest BCUT2D eigenvalue weighted by Gasteiger charge is 2.42. The normalized spacial score (nSPS) is 18.0. The van der Waals surface area contributed by atoms with Gasteiger partial charge in [0.05, 0.1) is 0 Å². The van der Waals surface area contributed by atoms with E-state index in [4.69, 9.17) is 32.7 Å². The van der Waals surface area contributed by atoms with Gasteiger partial charge in [-0.1, -0.05) is 23.2 Å². The fraction of sp³-hybridized carbons (Fsp3) is 0.409. The molecule has 0 radical (unpaired) electrons. The van der Waals surface area contributed by atoms with Gasteiger partial charge < -0.3 is 24.6 Å². The van der Waals surface area contributed by atoms with E-state index in [-0.39, 0.29) is 35.9 Å². The van der Waals surface area contributed by atoms with Crippen molar-refractivity contribution in [2.75, 3.05) is 26.2 Å². The van der Waals surface area contributed by atoms with E-state index in [9.17, 15) is 15.0 Å². The number of fused-ring (bicyclic) bond motifs is 1. The van der Waals surface area contributed by atoms with Gasteiger partial charge >= 0.3 is 5.97 Å². The summed E-state index contributed by atoms with van der Waals surface area (Å²) in [6.45, 7) is 2.06. The van der Waals surface area contributed by atoms with Gasteiger partial charge in [-0.25, -0.2) is 4.79 Å². The van der Waals surface area contributed by atoms with E-state index >= 15 is 0 Å². The van der Waals surface area contributed by atoms with E-state index in [0.717, 1.165) is 48.7 Å². The van der Waals surface area contributed by atoms with Crippen LogP contribution in [0.15, 0.2) is 36.4 Å². The summed E-state index contributed by atoms with van der Waals surface area (Å²) in [6.07, 6.45) is 1.86. The van der Waals surface area contributed by atoms with Gasteiger partial charge in [-0.2, -0.15) is 0 Å². The maximum atomic E-state index is 11.3. The number of likely N-dealkylation sites (tertiary alicyclic amines) is 1. The number of hydrogen-bond acceptors (Lipinski definition) is 5. The molecule has 9 heteroatoms. The lowest BCUT2D eigenvalue weighted by Gasteiger charge is -2.39. The van der Waals surface area contributed by atoms with Gasteiger partial charge in [0.15, 0.2) is 0 Å². The molecular weight excluding hydrogens is 465 g/mol. The van der Waals surface area contributed by atoms with E-state index < -0.39 is 12.1 Å². The van der Waals surface area contributed by atoms with E-state index in [1.54, 1.807) is 6.07 Å². The number of benzene rings is 2. The van der Waals surface area contributed by atoms with Gasteiger partial charge in [-0.05, 0) is 42.0 Å². The molecule has 1 atom stereocenters. The average molecular weight is 489 g/mol. The van der Waals surface area contributed by atoms with E-state index in [1.807, 2.05) is 18.2 Å². The molecule has 1 spiro atoms. The van der Waals surface area contributed by atoms with Gasteiger partial charge in [0, 0.05) is 48.9 Å². The smallest absolute Gasteiger partial charge is 0.339 e. The van der Waals surface area contributed by atoms with Gasteiger partial charge in [0.25, 0.3) is 0 Å². The molecule has 4 rings (SSSR count). The molecule has 0 aromatic heterocycles. The van der Waals surface area contributed by atoms with Crippen molar-refractivity contribution in [1.29, 1.82) is 0 Å². The number of halogens is 3. The lowest BCUT2D eigenvalue weighted by Crippen LogP contribution is -2.49. The van der Waals surface area contributed by atoms with Crippen molar-refractivity contribution in [3.05, 3.63) is 57.6 Å². The fourth-order valence-electron chi connectivity index (χ4n) is 4.16. The first-order chi connectivity index (χ1) is 14.3. The molecule has 0 amide bonds. The molecule has 1 fully saturated rings. The van der Waals surface area contributed by atoms with Crippen molar-refractivity contribution < 1.29 is 24.5 Å². The summed E-state index contributed by atoms with van der Waals surface area (Å²) in [6, 6.07) is 10.2. The number of carbonyl (C=O) groups is 1. The minimum Gasteiger partial charge on any atom is -0.490 e. The number of piperidine rings is 1. The van der Waals surface area contributed by atoms with Crippen LogP contribution in [0.25, 0.3) is 0 Å². The molecule has 0 aliphatic carbocycles. The van der Waals surface area contributed by atoms with Gasteiger partial charge in [0.2, 0.25) is 0 Å². The Morgan fingerprint density at radius 2 is 1.84 bits per heavy atom. The molecule has 2 heterocycles. The predicted molar refractivity (Wildman–Crippen MR) is 121 cm³/mol. The summed E-state index contributed by atoms with van der Waals surface area (Å²) in [7, 11) is 0. The first kappa shape index (κ1) is 24.0. The zero-order chi connectivity index (χ0) is 21.3. The van der Waals surface area contributed by atoms with Gasteiger partial charge in [0.1, 0.15) is 35.4 Å². The second-order valence-electron chi connectivity index (χ2n) is 7.92. The molecule has 2 aromatic carbocycles. The summed E-state index contributed by atoms with van der Waals surface area (Å²) in [4.78, 5) is 13.5. The van der Waals surface area contributed by atoms with Crippen LogP contribution in [0.4, 0.5) is 0 Å². The molecule has 1 saturated heterocycles. The number of ether oxygens (including phenoxy) is 2. The maximum Gasteiger partial charge on any atom is 0.339 e. The van der Waals surface area contributed by atoms with E-state index in [2.05, 4.69) is 4.90 Å². The number of aliphatic hydroxyl groups is 1. The molecule has 2 aliphatic rings. The highest BCUT2D eigenvalue weighted by Crippen LogP contribution is 2.41. The number of rotatable bonds is 6. The Morgan fingerprint density at radius 1 is 1.16 bits per heavy atom. The number of aliphatic hydroxyl groups excluding tert-OH is 1. The summed E-state index contributed by atoms with van der Waals surface area (Å²) >= 11 is 11.9. The lowest BCUT2D eigenvalue weighted by molar-refractivity contribution is -0.00202. The number of hydrogen-bond donors (Lipinski definition) is 2. The zero-order valence-corrected chi connectivity index (χ0v) is 19.1. The minimum absolute atomic E-state index is 0. The van der Waals surface area contributed by atoms with Crippen LogP contribution in [0, 0.1) is 0 Å². The molecule has 31 heavy (non-hydrogen) atoms. The first-order valence-electron chi connectivity index (χ1n) is 9.87. The van der Waals surface area contributed by atoms with Crippen molar-refractivity contribution in [1.82, 2.24) is 4.90 Å². The second kappa shape index (κ2) is 9.84. The largest absolute Gasteiger partial charge is 0.490 e. The van der Waals surface area contributed by atoms with Crippen LogP contribution < -0.4 is 9.47 Å². The molecule has 0 saturated carbocycles. The van der Waals surface area contributed by atoms with Crippen molar-refractivity contribution in [3.63, 3.8) is 0 Å². The number of nitrogens with zero attached hydrogens (tertiary/aromatic N) is 1. The lowest BCUT2D eigenvalue weighted by atomic mass is 9.87. The number of β-amino-alcohol motifs (C(OH)–C–C–N with tert-alkyl or cyclic N) is 1. The molecule has 2 aromatic rings. The highest BCUT2D eigenvalue weighted by atomic mass is 35.5. The van der Waals surface area contributed by atoms with Crippen LogP contribution in [-0.4, -0.2) is 59.0 Å². The Bertz CT molecular complexity index is 947. The zero-order valence-electron chi connectivity index (χ0n) is 16.7. The van der Waals surface area contributed by atoms with Crippen molar-refractivity contribution in [2.45, 2.75) is 31.0 Å². The Kier molecular flexibility index (Phi) is 7.60. The molecule has 0 unspecified atom stereocenters. The predicted octanol–water partition coefficient (Wildman–Crippen LogP) is 4.32. The SMILES string of the molecule is Cl.O=C(O)c1cc(Cl)ccc1OC[C@@H](O)CN1CCC2(CC1)Cc1cc(Cl)ccc1O2. The summed E-state index contributed by atoms with van der Waals surface area (Å²) in [5.41, 5.74) is 0.944. The van der Waals surface area contributed by atoms with Crippen LogP contribution >= 0.6 is 35.6 Å². The summed E-state index contributed by atoms with van der Waals surface area (Å²) in [5, 5.41) is 20.7. The Morgan fingerprint density at radius 3 is 2.55 bits per heavy atom. The fourth-order valence-corrected chi connectivity index (χ4v) is 4.52. The third kappa shape index (κ3) is 5.57. The number of carboxylic acid groups (broad SMARTS) is 1. The second-order valence-corrected chi connectivity index (χ2v) is 8.80. The third-order valence-corrected chi connectivity index (χ3v) is 6.17. The molecule has 2 aliphatic heterocycles. The molecule has 168 valence electrons. The van der Waals surface area contributed by atoms with Gasteiger partial charge in [-0.15, -0.1) is 12.4 Å². The highest BCUT2D eigenvalue weighted by molar-refractivity contribution is 6.31. The molecular formula is C22H24Cl3NO5. The Labute approximate surface area is 197 Å². The van der Waals surface area contributed by atoms with Crippen LogP contribution in [0.1, 0.15) is 28.8 Å². The molecule has 6 nitrogen and oxygen atoms in total. The van der Waals surface area contributed by atoms with Crippen molar-refractivity contribution >= 4 is 41.6 Å². The molecule has 0 bridgehead atoms. The Balaban J connectivity index is 0.00000272. The van der Waals surface area contributed by atoms with Crippen LogP contribution in [-0.2, 0) is 6.42 Å². The third-order valence-electron chi connectivity index (χ3n) is 5.70. The van der Waals surface area contributed by atoms with Gasteiger partial charge in [-0.3, -0.25) is 0 Å². The Hall–Kier alpha value is -1.70. The van der Waals surface area contributed by atoms with Crippen molar-refractivity contribution in [2.24, 2.45) is 0 Å². The first-order valence-corrected chi connectivity index (χ1v) is 10.6. The van der Waals surface area contributed by atoms with E-state index in [0.29, 0.717) is 11.6 Å². The van der Waals surface area contributed by atoms with Crippen LogP contribution in [0.5, 0.6) is 11.5 Å². The quantitative estimate of drug-likeness (QED) is 0.630. The van der Waals surface area contributed by atoms with E-state index in [1.165, 1.54) is 12.1 Å². The van der Waals surface area contributed by atoms with Crippen LogP contribution in [0.3, 0.4) is 0 Å². The topological polar surface area (TPSA) is 79.2 Å². The molecule has 2 N–H and O–H groups in total. The van der Waals surface area contributed by atoms with Crippen LogP contribution in [0.2, 0.25) is 10.0 Å². The number of carboxylic acids is 1. The minimum atomic E-state index is -1.12. The summed E-state index contributed by atoms with van der Waals surface area (Å²) in [5.74, 6) is -0.0139. The van der Waals surface area contributed by atoms with Crippen molar-refractivity contribution in [3.8, 4) is 11.5 Å². The maximum absolute atomic E-state index is 11.3. The standard InChI is InChI=1S/C22H23Cl2NO5.ClH/c23-15-1-3-19-14(9-15)11-22(30-19)5-7-25(8-6-22)12-17(26)13-29-20-4-2-16(24)10-18(20)21(27)28;/h1-4,9-10,17,26H,5-8,11-13H2,(H,27,28);1H/t17-;/m0./s1. The monoisotopic (exact) mass is 487 g/mol. The number of aromatic carboxylic acids is 1. The summed E-state index contributed by atoms with van der Waals surface area (Å²) < 4.78 is 11.8. The average Bonchev–Trinajstić information content (AvgIpc) is 3.05.